The molecule has 0 unspecified atom stereocenters. The summed E-state index contributed by atoms with van der Waals surface area (Å²) in [5.41, 5.74) is 7.79. The largest absolute Gasteiger partial charge is 0.417 e. The van der Waals surface area contributed by atoms with E-state index in [2.05, 4.69) is 20.9 Å². The van der Waals surface area contributed by atoms with Crippen LogP contribution in [0.4, 0.5) is 13.2 Å². The maximum absolute atomic E-state index is 13.2. The number of aromatic nitrogens is 1. The lowest BCUT2D eigenvalue weighted by atomic mass is 9.99. The molecule has 0 aliphatic carbocycles. The van der Waals surface area contributed by atoms with Crippen molar-refractivity contribution in [2.24, 2.45) is 5.73 Å². The Bertz CT molecular complexity index is 934. The molecule has 2 aromatic carbocycles. The number of unbranched alkanes of at least 4 members (excludes halogenated alkanes) is 1. The van der Waals surface area contributed by atoms with E-state index in [1.165, 1.54) is 6.07 Å². The summed E-state index contributed by atoms with van der Waals surface area (Å²) in [6.07, 6.45) is -2.05. The third-order valence-electron chi connectivity index (χ3n) is 4.31. The highest BCUT2D eigenvalue weighted by molar-refractivity contribution is 9.10. The Labute approximate surface area is 162 Å². The highest BCUT2D eigenvalue weighted by Gasteiger charge is 2.33. The molecule has 3 aromatic rings. The summed E-state index contributed by atoms with van der Waals surface area (Å²) in [5.74, 6) is 0. The van der Waals surface area contributed by atoms with Crippen LogP contribution in [0.1, 0.15) is 24.0 Å². The van der Waals surface area contributed by atoms with Crippen LogP contribution in [0.25, 0.3) is 22.2 Å². The van der Waals surface area contributed by atoms with Crippen molar-refractivity contribution in [3.63, 3.8) is 0 Å². The lowest BCUT2D eigenvalue weighted by Gasteiger charge is -2.12. The minimum atomic E-state index is -4.50. The van der Waals surface area contributed by atoms with Gasteiger partial charge in [0.15, 0.2) is 0 Å². The number of nitrogens with one attached hydrogen (secondary N) is 1. The number of hydrogen-bond donors (Lipinski definition) is 2. The van der Waals surface area contributed by atoms with Crippen molar-refractivity contribution >= 4 is 38.4 Å². The van der Waals surface area contributed by atoms with Gasteiger partial charge in [0.2, 0.25) is 0 Å². The molecule has 3 N–H and O–H groups in total. The van der Waals surface area contributed by atoms with E-state index in [1.54, 1.807) is 6.07 Å². The van der Waals surface area contributed by atoms with E-state index in [0.29, 0.717) is 17.8 Å². The predicted octanol–water partition coefficient (Wildman–Crippen LogP) is 6.55. The maximum Gasteiger partial charge on any atom is 0.417 e. The summed E-state index contributed by atoms with van der Waals surface area (Å²) < 4.78 is 40.6. The summed E-state index contributed by atoms with van der Waals surface area (Å²) in [4.78, 5) is 3.27. The quantitative estimate of drug-likeness (QED) is 0.430. The molecule has 0 radical (unpaired) electrons. The molecule has 0 atom stereocenters. The molecule has 26 heavy (non-hydrogen) atoms. The zero-order chi connectivity index (χ0) is 18.9. The topological polar surface area (TPSA) is 41.8 Å². The normalized spacial score (nSPS) is 12.1. The Kier molecular flexibility index (Phi) is 5.65. The number of nitrogens with two attached hydrogens (primary N) is 1. The molecule has 0 saturated carbocycles. The van der Waals surface area contributed by atoms with Gasteiger partial charge in [0.25, 0.3) is 0 Å². The Balaban J connectivity index is 2.16. The molecule has 7 heteroatoms. The van der Waals surface area contributed by atoms with Gasteiger partial charge in [0, 0.05) is 21.1 Å². The fourth-order valence-electron chi connectivity index (χ4n) is 3.07. The van der Waals surface area contributed by atoms with Crippen molar-refractivity contribution in [1.82, 2.24) is 4.98 Å². The van der Waals surface area contributed by atoms with Gasteiger partial charge in [0.1, 0.15) is 0 Å². The third kappa shape index (κ3) is 3.92. The van der Waals surface area contributed by atoms with Crippen molar-refractivity contribution in [2.75, 3.05) is 6.54 Å². The van der Waals surface area contributed by atoms with Crippen LogP contribution in [-0.4, -0.2) is 11.5 Å². The lowest BCUT2D eigenvalue weighted by molar-refractivity contribution is -0.137. The van der Waals surface area contributed by atoms with Crippen LogP contribution in [0.5, 0.6) is 0 Å². The number of benzene rings is 2. The summed E-state index contributed by atoms with van der Waals surface area (Å²) in [7, 11) is 0. The van der Waals surface area contributed by atoms with Crippen LogP contribution in [0, 0.1) is 0 Å². The molecule has 0 fully saturated rings. The number of fused-ring (bicyclic) bond motifs is 1. The van der Waals surface area contributed by atoms with Crippen molar-refractivity contribution in [1.29, 1.82) is 0 Å². The SMILES string of the molecule is NCCCCc1c(-c2ccc(Cl)c(C(F)(F)F)c2)[nH]c2ccc(Br)cc12. The van der Waals surface area contributed by atoms with Crippen LogP contribution in [0.15, 0.2) is 40.9 Å². The molecule has 0 aliphatic heterocycles. The first-order valence-corrected chi connectivity index (χ1v) is 9.35. The van der Waals surface area contributed by atoms with E-state index in [4.69, 9.17) is 17.3 Å². The average molecular weight is 446 g/mol. The van der Waals surface area contributed by atoms with E-state index in [1.807, 2.05) is 18.2 Å². The fraction of sp³-hybridized carbons (Fsp3) is 0.263. The van der Waals surface area contributed by atoms with Gasteiger partial charge in [-0.25, -0.2) is 0 Å². The second kappa shape index (κ2) is 7.62. The van der Waals surface area contributed by atoms with Gasteiger partial charge in [-0.15, -0.1) is 0 Å². The fourth-order valence-corrected chi connectivity index (χ4v) is 3.66. The average Bonchev–Trinajstić information content (AvgIpc) is 2.92. The first-order chi connectivity index (χ1) is 12.3. The molecule has 0 bridgehead atoms. The molecule has 0 saturated heterocycles. The molecule has 1 aromatic heterocycles. The predicted molar refractivity (Wildman–Crippen MR) is 103 cm³/mol. The molecular weight excluding hydrogens is 429 g/mol. The summed E-state index contributed by atoms with van der Waals surface area (Å²) >= 11 is 9.22. The first kappa shape index (κ1) is 19.3. The number of halogens is 5. The van der Waals surface area contributed by atoms with Gasteiger partial charge in [-0.3, -0.25) is 0 Å². The van der Waals surface area contributed by atoms with E-state index < -0.39 is 11.7 Å². The monoisotopic (exact) mass is 444 g/mol. The zero-order valence-corrected chi connectivity index (χ0v) is 16.1. The maximum atomic E-state index is 13.2. The second-order valence-electron chi connectivity index (χ2n) is 6.11. The van der Waals surface area contributed by atoms with Crippen molar-refractivity contribution in [3.8, 4) is 11.3 Å². The van der Waals surface area contributed by atoms with Crippen LogP contribution in [0.2, 0.25) is 5.02 Å². The minimum absolute atomic E-state index is 0.301. The molecule has 0 aliphatic rings. The van der Waals surface area contributed by atoms with E-state index in [9.17, 15) is 13.2 Å². The number of rotatable bonds is 5. The van der Waals surface area contributed by atoms with Crippen molar-refractivity contribution < 1.29 is 13.2 Å². The number of H-pyrrole nitrogens is 1. The van der Waals surface area contributed by atoms with Gasteiger partial charge in [-0.1, -0.05) is 33.6 Å². The number of aryl methyl sites for hydroxylation is 1. The van der Waals surface area contributed by atoms with Crippen LogP contribution in [0.3, 0.4) is 0 Å². The summed E-state index contributed by atoms with van der Waals surface area (Å²) in [5, 5.41) is 0.694. The summed E-state index contributed by atoms with van der Waals surface area (Å²) in [6, 6.07) is 9.81. The van der Waals surface area contributed by atoms with Crippen LogP contribution in [-0.2, 0) is 12.6 Å². The Morgan fingerprint density at radius 2 is 1.85 bits per heavy atom. The standard InChI is InChI=1S/C19H17BrClF3N2/c20-12-5-7-17-14(10-12)13(3-1-2-8-25)18(26-17)11-4-6-16(21)15(9-11)19(22,23)24/h4-7,9-10,26H,1-3,8,25H2. The number of aromatic amines is 1. The van der Waals surface area contributed by atoms with Gasteiger partial charge >= 0.3 is 6.18 Å². The van der Waals surface area contributed by atoms with Gasteiger partial charge < -0.3 is 10.7 Å². The Morgan fingerprint density at radius 3 is 2.54 bits per heavy atom. The molecule has 0 amide bonds. The highest BCUT2D eigenvalue weighted by atomic mass is 79.9. The summed E-state index contributed by atoms with van der Waals surface area (Å²) in [6.45, 7) is 0.584. The van der Waals surface area contributed by atoms with Gasteiger partial charge in [-0.05, 0) is 67.3 Å². The van der Waals surface area contributed by atoms with Gasteiger partial charge in [0.05, 0.1) is 10.6 Å². The smallest absolute Gasteiger partial charge is 0.354 e. The molecule has 138 valence electrons. The molecule has 3 rings (SSSR count). The van der Waals surface area contributed by atoms with Crippen molar-refractivity contribution in [2.45, 2.75) is 25.4 Å². The molecule has 1 heterocycles. The van der Waals surface area contributed by atoms with E-state index in [-0.39, 0.29) is 5.02 Å². The van der Waals surface area contributed by atoms with Crippen molar-refractivity contribution in [3.05, 3.63) is 57.0 Å². The minimum Gasteiger partial charge on any atom is -0.354 e. The molecular formula is C19H17BrClF3N2. The Hall–Kier alpha value is -1.50. The number of alkyl halides is 3. The number of hydrogen-bond acceptors (Lipinski definition) is 1. The molecule has 0 spiro atoms. The third-order valence-corrected chi connectivity index (χ3v) is 5.13. The second-order valence-corrected chi connectivity index (χ2v) is 7.43. The van der Waals surface area contributed by atoms with E-state index >= 15 is 0 Å². The zero-order valence-electron chi connectivity index (χ0n) is 13.8. The van der Waals surface area contributed by atoms with Crippen LogP contribution < -0.4 is 5.73 Å². The van der Waals surface area contributed by atoms with Gasteiger partial charge in [-0.2, -0.15) is 13.2 Å². The van der Waals surface area contributed by atoms with E-state index in [0.717, 1.165) is 46.3 Å². The Morgan fingerprint density at radius 1 is 1.08 bits per heavy atom. The molecule has 2 nitrogen and oxygen atoms in total. The highest BCUT2D eigenvalue weighted by Crippen LogP contribution is 2.39. The first-order valence-electron chi connectivity index (χ1n) is 8.18. The van der Waals surface area contributed by atoms with Crippen LogP contribution >= 0.6 is 27.5 Å². The lowest BCUT2D eigenvalue weighted by Crippen LogP contribution is -2.06.